The average molecular weight is 186 g/mol. The molecule has 0 saturated heterocycles. The van der Waals surface area contributed by atoms with E-state index >= 15 is 0 Å². The van der Waals surface area contributed by atoms with Crippen LogP contribution >= 0.6 is 0 Å². The van der Waals surface area contributed by atoms with Gasteiger partial charge in [-0.2, -0.15) is 0 Å². The van der Waals surface area contributed by atoms with Crippen LogP contribution in [0.25, 0.3) is 0 Å². The summed E-state index contributed by atoms with van der Waals surface area (Å²) in [5.41, 5.74) is 0.370. The first-order chi connectivity index (χ1) is 6.07. The van der Waals surface area contributed by atoms with E-state index in [2.05, 4.69) is 24.3 Å². The summed E-state index contributed by atoms with van der Waals surface area (Å²) in [6.45, 7) is 3.52. The van der Waals surface area contributed by atoms with Crippen molar-refractivity contribution in [2.45, 2.75) is 37.8 Å². The fourth-order valence-corrected chi connectivity index (χ4v) is 1.88. The van der Waals surface area contributed by atoms with Gasteiger partial charge in [0.2, 0.25) is 0 Å². The number of hydrogen-bond donors (Lipinski definition) is 2. The lowest BCUT2D eigenvalue weighted by Crippen LogP contribution is -2.56. The summed E-state index contributed by atoms with van der Waals surface area (Å²) in [7, 11) is 4.28. The molecule has 0 aromatic rings. The summed E-state index contributed by atoms with van der Waals surface area (Å²) in [6.07, 6.45) is 3.67. The quantitative estimate of drug-likeness (QED) is 0.654. The molecule has 0 radical (unpaired) electrons. The molecule has 0 aromatic carbocycles. The Bertz CT molecular complexity index is 153. The van der Waals surface area contributed by atoms with E-state index in [1.54, 1.807) is 0 Å². The standard InChI is InChI=1S/C10H22N2O/c1-9(13)7-11-8-10(12(2)3)5-4-6-10/h9,11,13H,4-8H2,1-3H3. The summed E-state index contributed by atoms with van der Waals surface area (Å²) < 4.78 is 0. The number of likely N-dealkylation sites (N-methyl/N-ethyl adjacent to an activating group) is 1. The van der Waals surface area contributed by atoms with Gasteiger partial charge >= 0.3 is 0 Å². The molecule has 1 aliphatic rings. The van der Waals surface area contributed by atoms with Crippen molar-refractivity contribution in [2.24, 2.45) is 0 Å². The van der Waals surface area contributed by atoms with Crippen molar-refractivity contribution >= 4 is 0 Å². The van der Waals surface area contributed by atoms with Gasteiger partial charge in [0.05, 0.1) is 6.10 Å². The van der Waals surface area contributed by atoms with Crippen LogP contribution in [0, 0.1) is 0 Å². The smallest absolute Gasteiger partial charge is 0.0636 e. The van der Waals surface area contributed by atoms with E-state index in [1.807, 2.05) is 6.92 Å². The van der Waals surface area contributed by atoms with E-state index in [0.717, 1.165) is 6.54 Å². The van der Waals surface area contributed by atoms with E-state index in [-0.39, 0.29) is 6.10 Å². The molecule has 0 bridgehead atoms. The van der Waals surface area contributed by atoms with Crippen molar-refractivity contribution in [3.05, 3.63) is 0 Å². The van der Waals surface area contributed by atoms with Crippen LogP contribution < -0.4 is 5.32 Å². The fourth-order valence-electron chi connectivity index (χ4n) is 1.88. The highest BCUT2D eigenvalue weighted by Gasteiger charge is 2.38. The maximum Gasteiger partial charge on any atom is 0.0636 e. The topological polar surface area (TPSA) is 35.5 Å². The summed E-state index contributed by atoms with van der Waals surface area (Å²) >= 11 is 0. The SMILES string of the molecule is CC(O)CNCC1(N(C)C)CCC1. The Kier molecular flexibility index (Phi) is 3.71. The van der Waals surface area contributed by atoms with Crippen LogP contribution in [0.5, 0.6) is 0 Å². The van der Waals surface area contributed by atoms with Crippen molar-refractivity contribution in [1.29, 1.82) is 0 Å². The van der Waals surface area contributed by atoms with Crippen LogP contribution in [0.1, 0.15) is 26.2 Å². The average Bonchev–Trinajstić information content (AvgIpc) is 1.93. The third-order valence-corrected chi connectivity index (χ3v) is 3.13. The molecule has 0 spiro atoms. The molecule has 1 saturated carbocycles. The third kappa shape index (κ3) is 2.66. The predicted molar refractivity (Wildman–Crippen MR) is 54.8 cm³/mol. The van der Waals surface area contributed by atoms with Crippen LogP contribution in [0.3, 0.4) is 0 Å². The van der Waals surface area contributed by atoms with Crippen LogP contribution in [0.15, 0.2) is 0 Å². The first-order valence-corrected chi connectivity index (χ1v) is 5.13. The Labute approximate surface area is 81.1 Å². The molecule has 1 atom stereocenters. The minimum absolute atomic E-state index is 0.237. The molecule has 0 aromatic heterocycles. The van der Waals surface area contributed by atoms with E-state index < -0.39 is 0 Å². The molecular formula is C10H22N2O. The molecule has 1 aliphatic carbocycles. The van der Waals surface area contributed by atoms with Crippen molar-refractivity contribution in [3.8, 4) is 0 Å². The molecule has 1 fully saturated rings. The van der Waals surface area contributed by atoms with Gasteiger partial charge in [0.25, 0.3) is 0 Å². The van der Waals surface area contributed by atoms with Crippen LogP contribution in [0.4, 0.5) is 0 Å². The monoisotopic (exact) mass is 186 g/mol. The zero-order valence-corrected chi connectivity index (χ0v) is 9.01. The second kappa shape index (κ2) is 4.40. The lowest BCUT2D eigenvalue weighted by atomic mass is 9.75. The van der Waals surface area contributed by atoms with Crippen molar-refractivity contribution < 1.29 is 5.11 Å². The lowest BCUT2D eigenvalue weighted by Gasteiger charge is -2.47. The molecule has 0 aliphatic heterocycles. The number of aliphatic hydroxyl groups excluding tert-OH is 1. The van der Waals surface area contributed by atoms with Gasteiger partial charge in [0, 0.05) is 18.6 Å². The second-order valence-corrected chi connectivity index (χ2v) is 4.45. The zero-order valence-electron chi connectivity index (χ0n) is 9.01. The number of aliphatic hydroxyl groups is 1. The van der Waals surface area contributed by atoms with Crippen LogP contribution in [-0.4, -0.2) is 48.8 Å². The van der Waals surface area contributed by atoms with Gasteiger partial charge in [-0.1, -0.05) is 0 Å². The molecule has 1 rings (SSSR count). The Hall–Kier alpha value is -0.120. The lowest BCUT2D eigenvalue weighted by molar-refractivity contribution is 0.0565. The van der Waals surface area contributed by atoms with Gasteiger partial charge < -0.3 is 15.3 Å². The Morgan fingerprint density at radius 1 is 1.46 bits per heavy atom. The first-order valence-electron chi connectivity index (χ1n) is 5.13. The van der Waals surface area contributed by atoms with Gasteiger partial charge in [-0.15, -0.1) is 0 Å². The summed E-state index contributed by atoms with van der Waals surface area (Å²) in [6, 6.07) is 0. The number of nitrogens with zero attached hydrogens (tertiary/aromatic N) is 1. The summed E-state index contributed by atoms with van der Waals surface area (Å²) in [5, 5.41) is 12.4. The molecule has 1 unspecified atom stereocenters. The van der Waals surface area contributed by atoms with E-state index in [0.29, 0.717) is 12.1 Å². The minimum atomic E-state index is -0.237. The van der Waals surface area contributed by atoms with E-state index in [4.69, 9.17) is 5.11 Å². The maximum atomic E-state index is 9.10. The molecule has 3 nitrogen and oxygen atoms in total. The van der Waals surface area contributed by atoms with Crippen molar-refractivity contribution in [3.63, 3.8) is 0 Å². The molecule has 3 heteroatoms. The third-order valence-electron chi connectivity index (χ3n) is 3.13. The summed E-state index contributed by atoms with van der Waals surface area (Å²) in [4.78, 5) is 2.31. The highest BCUT2D eigenvalue weighted by Crippen LogP contribution is 2.35. The molecule has 0 heterocycles. The molecular weight excluding hydrogens is 164 g/mol. The summed E-state index contributed by atoms with van der Waals surface area (Å²) in [5.74, 6) is 0. The molecule has 13 heavy (non-hydrogen) atoms. The zero-order chi connectivity index (χ0) is 9.90. The van der Waals surface area contributed by atoms with Gasteiger partial charge in [0.15, 0.2) is 0 Å². The van der Waals surface area contributed by atoms with Crippen LogP contribution in [-0.2, 0) is 0 Å². The van der Waals surface area contributed by atoms with Crippen molar-refractivity contribution in [2.75, 3.05) is 27.2 Å². The van der Waals surface area contributed by atoms with Crippen LogP contribution in [0.2, 0.25) is 0 Å². The van der Waals surface area contributed by atoms with Gasteiger partial charge in [-0.05, 0) is 40.3 Å². The van der Waals surface area contributed by atoms with Gasteiger partial charge in [-0.25, -0.2) is 0 Å². The Morgan fingerprint density at radius 2 is 2.08 bits per heavy atom. The fraction of sp³-hybridized carbons (Fsp3) is 1.00. The molecule has 0 amide bonds. The van der Waals surface area contributed by atoms with Crippen molar-refractivity contribution in [1.82, 2.24) is 10.2 Å². The maximum absolute atomic E-state index is 9.10. The minimum Gasteiger partial charge on any atom is -0.392 e. The number of hydrogen-bond acceptors (Lipinski definition) is 3. The first kappa shape index (κ1) is 11.0. The van der Waals surface area contributed by atoms with E-state index in [1.165, 1.54) is 19.3 Å². The Balaban J connectivity index is 2.24. The highest BCUT2D eigenvalue weighted by molar-refractivity contribution is 4.97. The molecule has 78 valence electrons. The normalized spacial score (nSPS) is 22.8. The highest BCUT2D eigenvalue weighted by atomic mass is 16.3. The second-order valence-electron chi connectivity index (χ2n) is 4.45. The number of rotatable bonds is 5. The number of nitrogens with one attached hydrogen (secondary N) is 1. The van der Waals surface area contributed by atoms with E-state index in [9.17, 15) is 0 Å². The van der Waals surface area contributed by atoms with Gasteiger partial charge in [0.1, 0.15) is 0 Å². The Morgan fingerprint density at radius 3 is 2.38 bits per heavy atom. The predicted octanol–water partition coefficient (Wildman–Crippen LogP) is 0.441. The molecule has 2 N–H and O–H groups in total. The largest absolute Gasteiger partial charge is 0.392 e. The van der Waals surface area contributed by atoms with Gasteiger partial charge in [-0.3, -0.25) is 0 Å².